The number of esters is 1. The molecule has 0 saturated heterocycles. The largest absolute Gasteiger partial charge is 0.452 e. The normalized spacial score (nSPS) is 11.7. The summed E-state index contributed by atoms with van der Waals surface area (Å²) in [5.74, 6) is -0.302. The Balaban J connectivity index is 2.30. The second-order valence-corrected chi connectivity index (χ2v) is 5.42. The molecule has 122 valence electrons. The maximum Gasteiger partial charge on any atom is 0.338 e. The molecule has 0 fully saturated rings. The van der Waals surface area contributed by atoms with Crippen molar-refractivity contribution in [3.8, 4) is 0 Å². The average Bonchev–Trinajstić information content (AvgIpc) is 2.53. The Morgan fingerprint density at radius 3 is 2.50 bits per heavy atom. The predicted octanol–water partition coefficient (Wildman–Crippen LogP) is 2.76. The van der Waals surface area contributed by atoms with Gasteiger partial charge in [-0.05, 0) is 36.6 Å². The fraction of sp³-hybridized carbons (Fsp3) is 0.529. The van der Waals surface area contributed by atoms with Crippen molar-refractivity contribution in [1.82, 2.24) is 5.32 Å². The van der Waals surface area contributed by atoms with E-state index in [0.29, 0.717) is 23.7 Å². The van der Waals surface area contributed by atoms with Crippen LogP contribution in [0.15, 0.2) is 24.3 Å². The van der Waals surface area contributed by atoms with Gasteiger partial charge in [-0.15, -0.1) is 0 Å². The van der Waals surface area contributed by atoms with Gasteiger partial charge in [0.15, 0.2) is 6.61 Å². The van der Waals surface area contributed by atoms with Gasteiger partial charge in [-0.25, -0.2) is 4.79 Å². The van der Waals surface area contributed by atoms with Gasteiger partial charge in [0.1, 0.15) is 0 Å². The predicted molar refractivity (Wildman–Crippen MR) is 87.5 cm³/mol. The molecule has 1 atom stereocenters. The Bertz CT molecular complexity index is 471. The van der Waals surface area contributed by atoms with E-state index in [1.165, 1.54) is 6.42 Å². The quantitative estimate of drug-likeness (QED) is 0.543. The second-order valence-electron chi connectivity index (χ2n) is 5.42. The zero-order chi connectivity index (χ0) is 16.4. The van der Waals surface area contributed by atoms with Crippen molar-refractivity contribution in [2.45, 2.75) is 39.5 Å². The van der Waals surface area contributed by atoms with Gasteiger partial charge in [0.05, 0.1) is 5.56 Å². The minimum Gasteiger partial charge on any atom is -0.452 e. The molecule has 5 heteroatoms. The van der Waals surface area contributed by atoms with Crippen LogP contribution in [0.4, 0.5) is 5.69 Å². The molecule has 0 aliphatic rings. The molecule has 0 aromatic heterocycles. The molecule has 0 aliphatic heterocycles. The molecule has 0 spiro atoms. The summed E-state index contributed by atoms with van der Waals surface area (Å²) in [6, 6.07) is 6.40. The summed E-state index contributed by atoms with van der Waals surface area (Å²) >= 11 is 0. The lowest BCUT2D eigenvalue weighted by molar-refractivity contribution is -0.124. The molecule has 3 N–H and O–H groups in total. The number of carbonyl (C=O) groups excluding carboxylic acids is 2. The van der Waals surface area contributed by atoms with E-state index in [1.807, 2.05) is 0 Å². The average molecular weight is 306 g/mol. The maximum atomic E-state index is 11.8. The van der Waals surface area contributed by atoms with Crippen molar-refractivity contribution >= 4 is 17.6 Å². The molecule has 0 radical (unpaired) electrons. The maximum absolute atomic E-state index is 11.8. The molecule has 1 aromatic rings. The third-order valence-corrected chi connectivity index (χ3v) is 3.61. The van der Waals surface area contributed by atoms with Crippen LogP contribution in [0.5, 0.6) is 0 Å². The summed E-state index contributed by atoms with van der Waals surface area (Å²) in [5, 5.41) is 2.82. The van der Waals surface area contributed by atoms with E-state index < -0.39 is 5.97 Å². The van der Waals surface area contributed by atoms with Crippen molar-refractivity contribution in [1.29, 1.82) is 0 Å². The van der Waals surface area contributed by atoms with Crippen molar-refractivity contribution < 1.29 is 14.3 Å². The van der Waals surface area contributed by atoms with Crippen LogP contribution in [0.2, 0.25) is 0 Å². The Kier molecular flexibility index (Phi) is 8.04. The Hall–Kier alpha value is -2.04. The highest BCUT2D eigenvalue weighted by Crippen LogP contribution is 2.11. The van der Waals surface area contributed by atoms with Crippen LogP contribution in [0.25, 0.3) is 0 Å². The van der Waals surface area contributed by atoms with Crippen molar-refractivity contribution in [2.24, 2.45) is 5.92 Å². The first-order chi connectivity index (χ1) is 10.6. The molecule has 5 nitrogen and oxygen atoms in total. The fourth-order valence-corrected chi connectivity index (χ4v) is 2.09. The molecule has 0 unspecified atom stereocenters. The molecule has 0 saturated carbocycles. The lowest BCUT2D eigenvalue weighted by atomic mass is 9.99. The topological polar surface area (TPSA) is 81.4 Å². The van der Waals surface area contributed by atoms with Crippen LogP contribution in [0.1, 0.15) is 49.9 Å². The summed E-state index contributed by atoms with van der Waals surface area (Å²) in [4.78, 5) is 23.5. The van der Waals surface area contributed by atoms with Gasteiger partial charge < -0.3 is 15.8 Å². The van der Waals surface area contributed by atoms with Crippen molar-refractivity contribution in [2.75, 3.05) is 18.9 Å². The molecule has 1 amide bonds. The number of anilines is 1. The number of nitrogens with one attached hydrogen (secondary N) is 1. The number of nitrogens with two attached hydrogens (primary N) is 1. The SMILES string of the molecule is CCCC[C@H](CC)CNC(=O)COC(=O)c1ccc(N)cc1. The number of benzene rings is 1. The van der Waals surface area contributed by atoms with Gasteiger partial charge in [-0.3, -0.25) is 4.79 Å². The highest BCUT2D eigenvalue weighted by Gasteiger charge is 2.11. The first-order valence-corrected chi connectivity index (χ1v) is 7.86. The summed E-state index contributed by atoms with van der Waals surface area (Å²) < 4.78 is 4.99. The van der Waals surface area contributed by atoms with E-state index >= 15 is 0 Å². The van der Waals surface area contributed by atoms with Crippen LogP contribution in [0, 0.1) is 5.92 Å². The van der Waals surface area contributed by atoms with Gasteiger partial charge in [-0.2, -0.15) is 0 Å². The molecular weight excluding hydrogens is 280 g/mol. The number of carbonyl (C=O) groups is 2. The molecule has 0 aliphatic carbocycles. The van der Waals surface area contributed by atoms with Gasteiger partial charge >= 0.3 is 5.97 Å². The number of amides is 1. The van der Waals surface area contributed by atoms with Crippen LogP contribution < -0.4 is 11.1 Å². The number of rotatable bonds is 9. The highest BCUT2D eigenvalue weighted by molar-refractivity contribution is 5.91. The summed E-state index contributed by atoms with van der Waals surface area (Å²) in [6.45, 7) is 4.65. The minimum atomic E-state index is -0.520. The summed E-state index contributed by atoms with van der Waals surface area (Å²) in [5.41, 5.74) is 6.51. The third-order valence-electron chi connectivity index (χ3n) is 3.61. The third kappa shape index (κ3) is 6.61. The zero-order valence-corrected chi connectivity index (χ0v) is 13.4. The van der Waals surface area contributed by atoms with E-state index in [0.717, 1.165) is 19.3 Å². The fourth-order valence-electron chi connectivity index (χ4n) is 2.09. The monoisotopic (exact) mass is 306 g/mol. The van der Waals surface area contributed by atoms with Crippen LogP contribution in [0.3, 0.4) is 0 Å². The lowest BCUT2D eigenvalue weighted by Gasteiger charge is -2.15. The standard InChI is InChI=1S/C17H26N2O3/c1-3-5-6-13(4-2)11-19-16(20)12-22-17(21)14-7-9-15(18)10-8-14/h7-10,13H,3-6,11-12,18H2,1-2H3,(H,19,20)/t13-/m0/s1. The molecule has 0 bridgehead atoms. The molecule has 1 rings (SSSR count). The molecule has 0 heterocycles. The Morgan fingerprint density at radius 2 is 1.91 bits per heavy atom. The smallest absolute Gasteiger partial charge is 0.338 e. The van der Waals surface area contributed by atoms with Gasteiger partial charge in [-0.1, -0.05) is 33.1 Å². The van der Waals surface area contributed by atoms with Crippen LogP contribution in [-0.4, -0.2) is 25.0 Å². The molecule has 1 aromatic carbocycles. The number of nitrogen functional groups attached to an aromatic ring is 1. The molecular formula is C17H26N2O3. The van der Waals surface area contributed by atoms with E-state index in [9.17, 15) is 9.59 Å². The number of hydrogen-bond acceptors (Lipinski definition) is 4. The lowest BCUT2D eigenvalue weighted by Crippen LogP contribution is -2.32. The van der Waals surface area contributed by atoms with Gasteiger partial charge in [0.2, 0.25) is 0 Å². The Labute approximate surface area is 132 Å². The minimum absolute atomic E-state index is 0.257. The van der Waals surface area contributed by atoms with Crippen LogP contribution in [-0.2, 0) is 9.53 Å². The zero-order valence-electron chi connectivity index (χ0n) is 13.4. The van der Waals surface area contributed by atoms with Crippen molar-refractivity contribution in [3.05, 3.63) is 29.8 Å². The van der Waals surface area contributed by atoms with E-state index in [2.05, 4.69) is 19.2 Å². The van der Waals surface area contributed by atoms with E-state index in [-0.39, 0.29) is 12.5 Å². The highest BCUT2D eigenvalue weighted by atomic mass is 16.5. The first kappa shape index (κ1) is 18.0. The van der Waals surface area contributed by atoms with Crippen molar-refractivity contribution in [3.63, 3.8) is 0 Å². The molecule has 22 heavy (non-hydrogen) atoms. The number of hydrogen-bond donors (Lipinski definition) is 2. The summed E-state index contributed by atoms with van der Waals surface area (Å²) in [7, 11) is 0. The van der Waals surface area contributed by atoms with Gasteiger partial charge in [0.25, 0.3) is 5.91 Å². The van der Waals surface area contributed by atoms with E-state index in [4.69, 9.17) is 10.5 Å². The number of ether oxygens (including phenoxy) is 1. The van der Waals surface area contributed by atoms with Crippen LogP contribution >= 0.6 is 0 Å². The van der Waals surface area contributed by atoms with E-state index in [1.54, 1.807) is 24.3 Å². The Morgan fingerprint density at radius 1 is 1.23 bits per heavy atom. The first-order valence-electron chi connectivity index (χ1n) is 7.86. The summed E-state index contributed by atoms with van der Waals surface area (Å²) in [6.07, 6.45) is 4.47. The van der Waals surface area contributed by atoms with Gasteiger partial charge in [0, 0.05) is 12.2 Å². The number of unbranched alkanes of at least 4 members (excludes halogenated alkanes) is 1. The second kappa shape index (κ2) is 9.82.